The van der Waals surface area contributed by atoms with Gasteiger partial charge in [0.05, 0.1) is 0 Å². The maximum absolute atomic E-state index is 13.3. The molecule has 10 heteroatoms. The van der Waals surface area contributed by atoms with Crippen LogP contribution in [0.25, 0.3) is 0 Å². The minimum Gasteiger partial charge on any atom is -0.374 e. The zero-order valence-electron chi connectivity index (χ0n) is 20.9. The lowest BCUT2D eigenvalue weighted by Crippen LogP contribution is -2.39. The number of nitrogens with zero attached hydrogens (tertiary/aromatic N) is 3. The highest BCUT2D eigenvalue weighted by Gasteiger charge is 2.71. The van der Waals surface area contributed by atoms with Crippen LogP contribution in [0.5, 0.6) is 0 Å². The van der Waals surface area contributed by atoms with E-state index in [1.807, 2.05) is 20.8 Å². The van der Waals surface area contributed by atoms with E-state index in [-0.39, 0.29) is 17.8 Å². The van der Waals surface area contributed by atoms with E-state index in [9.17, 15) is 14.4 Å². The zero-order valence-corrected chi connectivity index (χ0v) is 21.8. The van der Waals surface area contributed by atoms with E-state index in [1.54, 1.807) is 0 Å². The van der Waals surface area contributed by atoms with Crippen molar-refractivity contribution in [3.8, 4) is 0 Å². The molecule has 3 heterocycles. The molecule has 0 aromatic rings. The van der Waals surface area contributed by atoms with Crippen molar-refractivity contribution >= 4 is 26.5 Å². The minimum atomic E-state index is -2.47. The standard InChI is InChI=1S/C24H36N3O6P/c1-13-7-22(13,25-10-16(25)4)19(28)31-34(32-20(29)23(8-14(23)2)26-11-17(26)5)33-21(30)24(9-15(24)3)27-12-18(27)6/h13-18H,7-12H2,1-6H3/t13?,14?,15?,16?,17?,18?,22-,23-,24-,25?,26?,27?,34?/m1/s1. The van der Waals surface area contributed by atoms with E-state index >= 15 is 0 Å². The molecular weight excluding hydrogens is 457 g/mol. The molecule has 9 nitrogen and oxygen atoms in total. The number of rotatable bonds is 9. The summed E-state index contributed by atoms with van der Waals surface area (Å²) in [6, 6.07) is 0.981. The van der Waals surface area contributed by atoms with E-state index in [4.69, 9.17) is 13.6 Å². The largest absolute Gasteiger partial charge is 0.537 e. The molecule has 3 aliphatic heterocycles. The Morgan fingerprint density at radius 2 is 0.794 bits per heavy atom. The van der Waals surface area contributed by atoms with Gasteiger partial charge in [-0.1, -0.05) is 20.8 Å². The van der Waals surface area contributed by atoms with Crippen molar-refractivity contribution in [3.05, 3.63) is 0 Å². The fourth-order valence-electron chi connectivity index (χ4n) is 6.51. The van der Waals surface area contributed by atoms with E-state index in [2.05, 4.69) is 35.5 Å². The van der Waals surface area contributed by atoms with Gasteiger partial charge in [-0.15, -0.1) is 0 Å². The topological polar surface area (TPSA) is 87.9 Å². The Bertz CT molecular complexity index is 846. The van der Waals surface area contributed by atoms with Gasteiger partial charge in [-0.25, -0.2) is 14.4 Å². The lowest BCUT2D eigenvalue weighted by molar-refractivity contribution is -0.149. The average Bonchev–Trinajstić information content (AvgIpc) is 3.51. The van der Waals surface area contributed by atoms with Gasteiger partial charge in [-0.2, -0.15) is 0 Å². The molecule has 6 rings (SSSR count). The van der Waals surface area contributed by atoms with Crippen LogP contribution in [0, 0.1) is 17.8 Å². The number of hydrogen-bond donors (Lipinski definition) is 0. The highest BCUT2D eigenvalue weighted by Crippen LogP contribution is 2.61. The monoisotopic (exact) mass is 493 g/mol. The molecule has 6 aliphatic rings. The number of carbonyl (C=O) groups excluding carboxylic acids is 3. The summed E-state index contributed by atoms with van der Waals surface area (Å²) in [4.78, 5) is 46.4. The van der Waals surface area contributed by atoms with Gasteiger partial charge in [-0.3, -0.25) is 14.7 Å². The Kier molecular flexibility index (Phi) is 4.86. The third-order valence-electron chi connectivity index (χ3n) is 9.47. The molecule has 3 saturated carbocycles. The quantitative estimate of drug-likeness (QED) is 0.355. The Balaban J connectivity index is 1.20. The third kappa shape index (κ3) is 3.23. The first-order chi connectivity index (χ1) is 16.0. The van der Waals surface area contributed by atoms with Crippen LogP contribution in [0.4, 0.5) is 0 Å². The zero-order chi connectivity index (χ0) is 24.4. The molecule has 0 aromatic heterocycles. The van der Waals surface area contributed by atoms with E-state index in [0.29, 0.717) is 37.4 Å². The van der Waals surface area contributed by atoms with E-state index in [1.165, 1.54) is 0 Å². The Labute approximate surface area is 202 Å². The van der Waals surface area contributed by atoms with Gasteiger partial charge >= 0.3 is 26.5 Å². The van der Waals surface area contributed by atoms with E-state index < -0.39 is 43.1 Å². The molecule has 34 heavy (non-hydrogen) atoms. The first-order valence-electron chi connectivity index (χ1n) is 12.8. The molecule has 0 amide bonds. The van der Waals surface area contributed by atoms with Crippen LogP contribution in [-0.4, -0.2) is 87.0 Å². The van der Waals surface area contributed by atoms with Crippen LogP contribution in [0.2, 0.25) is 0 Å². The van der Waals surface area contributed by atoms with Crippen molar-refractivity contribution < 1.29 is 28.0 Å². The van der Waals surface area contributed by atoms with Gasteiger partial charge in [0, 0.05) is 37.8 Å². The second-order valence-corrected chi connectivity index (χ2v) is 12.9. The highest BCUT2D eigenvalue weighted by atomic mass is 31.2. The minimum absolute atomic E-state index is 0.162. The van der Waals surface area contributed by atoms with Gasteiger partial charge in [0.1, 0.15) is 16.6 Å². The highest BCUT2D eigenvalue weighted by molar-refractivity contribution is 7.43. The van der Waals surface area contributed by atoms with Crippen molar-refractivity contribution in [2.75, 3.05) is 19.6 Å². The Hall–Kier alpha value is -1.28. The molecule has 0 radical (unpaired) electrons. The van der Waals surface area contributed by atoms with Crippen LogP contribution < -0.4 is 0 Å². The molecule has 0 bridgehead atoms. The maximum atomic E-state index is 13.3. The summed E-state index contributed by atoms with van der Waals surface area (Å²) in [5.74, 6) is -0.829. The Morgan fingerprint density at radius 1 is 0.588 bits per heavy atom. The predicted octanol–water partition coefficient (Wildman–Crippen LogP) is 2.29. The summed E-state index contributed by atoms with van der Waals surface area (Å²) in [5, 5.41) is 0. The summed E-state index contributed by atoms with van der Waals surface area (Å²) in [6.07, 6.45) is 2.12. The number of hydrogen-bond acceptors (Lipinski definition) is 9. The molecule has 3 saturated heterocycles. The van der Waals surface area contributed by atoms with Crippen LogP contribution in [0.3, 0.4) is 0 Å². The summed E-state index contributed by atoms with van der Waals surface area (Å²) in [6.45, 7) is 14.9. The predicted molar refractivity (Wildman–Crippen MR) is 123 cm³/mol. The van der Waals surface area contributed by atoms with Gasteiger partial charge < -0.3 is 13.6 Å². The van der Waals surface area contributed by atoms with Gasteiger partial charge in [0.15, 0.2) is 0 Å². The molecule has 0 N–H and O–H groups in total. The Morgan fingerprint density at radius 3 is 0.941 bits per heavy atom. The van der Waals surface area contributed by atoms with Gasteiger partial charge in [0.2, 0.25) is 0 Å². The maximum Gasteiger partial charge on any atom is 0.537 e. The van der Waals surface area contributed by atoms with Crippen molar-refractivity contribution in [3.63, 3.8) is 0 Å². The summed E-state index contributed by atoms with van der Waals surface area (Å²) < 4.78 is 17.3. The molecule has 188 valence electrons. The molecule has 3 aliphatic carbocycles. The second-order valence-electron chi connectivity index (χ2n) is 12.0. The normalized spacial score (nSPS) is 54.4. The average molecular weight is 494 g/mol. The SMILES string of the molecule is CC1CN1[C@]1(C(=O)OP(OC(=O)[C@@]2(N3CC3C)CC2C)OC(=O)[C@@]2(N3CC3C)CC2C)CC1C. The van der Waals surface area contributed by atoms with Gasteiger partial charge in [0.25, 0.3) is 0 Å². The van der Waals surface area contributed by atoms with Crippen molar-refractivity contribution in [1.29, 1.82) is 0 Å². The second kappa shape index (κ2) is 7.15. The fraction of sp³-hybridized carbons (Fsp3) is 0.875. The lowest BCUT2D eigenvalue weighted by Gasteiger charge is -2.25. The molecule has 6 fully saturated rings. The molecule has 12 atom stereocenters. The molecule has 0 spiro atoms. The first-order valence-corrected chi connectivity index (χ1v) is 13.9. The van der Waals surface area contributed by atoms with Crippen molar-refractivity contribution in [2.24, 2.45) is 17.8 Å². The van der Waals surface area contributed by atoms with Crippen molar-refractivity contribution in [1.82, 2.24) is 14.7 Å². The third-order valence-corrected chi connectivity index (χ3v) is 10.4. The molecular formula is C24H36N3O6P. The van der Waals surface area contributed by atoms with Crippen LogP contribution >= 0.6 is 8.60 Å². The van der Waals surface area contributed by atoms with E-state index in [0.717, 1.165) is 19.6 Å². The fourth-order valence-corrected chi connectivity index (χ4v) is 7.50. The molecule has 0 aromatic carbocycles. The summed E-state index contributed by atoms with van der Waals surface area (Å²) in [7, 11) is -2.47. The van der Waals surface area contributed by atoms with Crippen LogP contribution in [0.15, 0.2) is 0 Å². The van der Waals surface area contributed by atoms with Crippen LogP contribution in [0.1, 0.15) is 60.8 Å². The molecule has 9 unspecified atom stereocenters. The first kappa shape index (κ1) is 23.1. The summed E-state index contributed by atoms with van der Waals surface area (Å²) >= 11 is 0. The lowest BCUT2D eigenvalue weighted by atomic mass is 10.2. The van der Waals surface area contributed by atoms with Crippen LogP contribution in [-0.2, 0) is 28.0 Å². The number of carbonyl (C=O) groups is 3. The van der Waals surface area contributed by atoms with Crippen molar-refractivity contribution in [2.45, 2.75) is 95.5 Å². The summed E-state index contributed by atoms with van der Waals surface area (Å²) in [5.41, 5.74) is -2.05. The smallest absolute Gasteiger partial charge is 0.374 e. The van der Waals surface area contributed by atoms with Gasteiger partial charge in [-0.05, 0) is 57.8 Å².